The van der Waals surface area contributed by atoms with Crippen molar-refractivity contribution in [3.05, 3.63) is 53.4 Å². The van der Waals surface area contributed by atoms with Crippen LogP contribution < -0.4 is 19.9 Å². The van der Waals surface area contributed by atoms with Gasteiger partial charge in [-0.3, -0.25) is 19.4 Å². The molecule has 0 spiro atoms. The lowest BCUT2D eigenvalue weighted by molar-refractivity contribution is -0.146. The highest BCUT2D eigenvalue weighted by atomic mass is 32.1. The number of hydrogen-bond donors (Lipinski definition) is 1. The van der Waals surface area contributed by atoms with Crippen LogP contribution in [0.1, 0.15) is 51.5 Å². The van der Waals surface area contributed by atoms with Crippen LogP contribution >= 0.6 is 11.3 Å². The van der Waals surface area contributed by atoms with Gasteiger partial charge in [-0.2, -0.15) is 0 Å². The summed E-state index contributed by atoms with van der Waals surface area (Å²) in [5.74, 6) is 0.411. The minimum atomic E-state index is -0.293. The number of unbranched alkanes of at least 4 members (excludes halogenated alkanes) is 1. The standard InChI is InChI=1S/C33H42N4O4S/c1-33(2)22-31(38)37(23-41-32(39)27-7-6-13-34-27)29-21-24(10-11-26(29)33)40-19-4-3-14-35-15-17-36(18-16-35)28-8-5-9-30-25(28)12-20-42-30/h5,8-12,20-21,27,34H,3-4,6-7,13-19,22-23H2,1-2H3. The fraction of sp³-hybridized carbons (Fsp3) is 0.515. The maximum Gasteiger partial charge on any atom is 0.324 e. The highest BCUT2D eigenvalue weighted by molar-refractivity contribution is 7.17. The molecule has 3 aliphatic heterocycles. The second kappa shape index (κ2) is 12.6. The van der Waals surface area contributed by atoms with E-state index in [1.165, 1.54) is 15.8 Å². The Balaban J connectivity index is 0.980. The van der Waals surface area contributed by atoms with E-state index in [2.05, 4.69) is 64.7 Å². The third-order valence-corrected chi connectivity index (χ3v) is 9.77. The van der Waals surface area contributed by atoms with Crippen molar-refractivity contribution in [2.24, 2.45) is 0 Å². The number of nitrogens with one attached hydrogen (secondary N) is 1. The molecule has 3 aromatic rings. The van der Waals surface area contributed by atoms with Crippen LogP contribution in [0, 0.1) is 0 Å². The van der Waals surface area contributed by atoms with E-state index in [1.54, 1.807) is 4.90 Å². The molecule has 1 atom stereocenters. The second-order valence-corrected chi connectivity index (χ2v) is 13.2. The van der Waals surface area contributed by atoms with Crippen molar-refractivity contribution in [1.82, 2.24) is 10.2 Å². The number of fused-ring (bicyclic) bond motifs is 2. The van der Waals surface area contributed by atoms with Crippen molar-refractivity contribution in [1.29, 1.82) is 0 Å². The molecule has 1 N–H and O–H groups in total. The quantitative estimate of drug-likeness (QED) is 0.259. The van der Waals surface area contributed by atoms with E-state index in [-0.39, 0.29) is 30.1 Å². The largest absolute Gasteiger partial charge is 0.494 e. The Morgan fingerprint density at radius 1 is 1.07 bits per heavy atom. The molecule has 42 heavy (non-hydrogen) atoms. The molecule has 9 heteroatoms. The van der Waals surface area contributed by atoms with Gasteiger partial charge in [0.2, 0.25) is 5.91 Å². The van der Waals surface area contributed by atoms with Crippen molar-refractivity contribution in [3.8, 4) is 5.75 Å². The molecule has 6 rings (SSSR count). The van der Waals surface area contributed by atoms with E-state index >= 15 is 0 Å². The molecule has 2 aromatic carbocycles. The topological polar surface area (TPSA) is 74.3 Å². The van der Waals surface area contributed by atoms with Gasteiger partial charge in [0.15, 0.2) is 6.73 Å². The highest BCUT2D eigenvalue weighted by Crippen LogP contribution is 2.42. The van der Waals surface area contributed by atoms with E-state index in [4.69, 9.17) is 9.47 Å². The van der Waals surface area contributed by atoms with Gasteiger partial charge in [0.25, 0.3) is 0 Å². The summed E-state index contributed by atoms with van der Waals surface area (Å²) < 4.78 is 13.1. The lowest BCUT2D eigenvalue weighted by atomic mass is 9.77. The van der Waals surface area contributed by atoms with Crippen molar-refractivity contribution in [3.63, 3.8) is 0 Å². The number of anilines is 2. The Morgan fingerprint density at radius 3 is 2.74 bits per heavy atom. The van der Waals surface area contributed by atoms with Crippen LogP contribution in [-0.4, -0.2) is 75.4 Å². The van der Waals surface area contributed by atoms with E-state index < -0.39 is 0 Å². The lowest BCUT2D eigenvalue weighted by Gasteiger charge is -2.38. The molecule has 224 valence electrons. The number of rotatable bonds is 10. The zero-order valence-electron chi connectivity index (χ0n) is 24.8. The predicted octanol–water partition coefficient (Wildman–Crippen LogP) is 5.15. The van der Waals surface area contributed by atoms with E-state index in [1.807, 2.05) is 23.5 Å². The molecule has 1 aromatic heterocycles. The van der Waals surface area contributed by atoms with Gasteiger partial charge in [-0.05, 0) is 74.0 Å². The summed E-state index contributed by atoms with van der Waals surface area (Å²) in [6, 6.07) is 14.6. The molecule has 0 radical (unpaired) electrons. The number of thiophene rings is 1. The van der Waals surface area contributed by atoms with Crippen LogP contribution in [0.15, 0.2) is 47.8 Å². The fourth-order valence-electron chi connectivity index (χ4n) is 6.45. The van der Waals surface area contributed by atoms with Gasteiger partial charge >= 0.3 is 5.97 Å². The number of ether oxygens (including phenoxy) is 2. The van der Waals surface area contributed by atoms with Gasteiger partial charge in [0.1, 0.15) is 11.8 Å². The van der Waals surface area contributed by atoms with Crippen molar-refractivity contribution in [2.75, 3.05) is 62.4 Å². The smallest absolute Gasteiger partial charge is 0.324 e. The minimum absolute atomic E-state index is 0.0380. The first kappa shape index (κ1) is 29.0. The first-order valence-electron chi connectivity index (χ1n) is 15.3. The number of carbonyl (C=O) groups is 2. The van der Waals surface area contributed by atoms with Crippen molar-refractivity contribution < 1.29 is 19.1 Å². The van der Waals surface area contributed by atoms with Crippen LogP contribution in [0.25, 0.3) is 10.1 Å². The molecule has 0 bridgehead atoms. The molecule has 3 aliphatic rings. The molecule has 4 heterocycles. The molecule has 2 saturated heterocycles. The van der Waals surface area contributed by atoms with Gasteiger partial charge in [0.05, 0.1) is 12.3 Å². The number of carbonyl (C=O) groups excluding carboxylic acids is 2. The number of benzene rings is 2. The Bertz CT molecular complexity index is 1410. The number of hydrogen-bond acceptors (Lipinski definition) is 8. The summed E-state index contributed by atoms with van der Waals surface area (Å²) in [6.07, 6.45) is 4.15. The Hall–Kier alpha value is -3.14. The molecular formula is C33H42N4O4S. The second-order valence-electron chi connectivity index (χ2n) is 12.3. The van der Waals surface area contributed by atoms with Crippen LogP contribution in [0.5, 0.6) is 5.75 Å². The first-order chi connectivity index (χ1) is 20.4. The highest BCUT2D eigenvalue weighted by Gasteiger charge is 2.38. The molecule has 1 amide bonds. The monoisotopic (exact) mass is 590 g/mol. The van der Waals surface area contributed by atoms with E-state index in [9.17, 15) is 9.59 Å². The Labute approximate surface area is 252 Å². The number of amides is 1. The summed E-state index contributed by atoms with van der Waals surface area (Å²) in [6.45, 7) is 10.9. The maximum absolute atomic E-state index is 13.1. The van der Waals surface area contributed by atoms with Gasteiger partial charge in [0, 0.05) is 59.9 Å². The van der Waals surface area contributed by atoms with Gasteiger partial charge in [-0.1, -0.05) is 26.0 Å². The van der Waals surface area contributed by atoms with Gasteiger partial charge in [-0.25, -0.2) is 0 Å². The molecule has 1 unspecified atom stereocenters. The van der Waals surface area contributed by atoms with Gasteiger partial charge in [-0.15, -0.1) is 11.3 Å². The average Bonchev–Trinajstić information content (AvgIpc) is 3.70. The number of esters is 1. The fourth-order valence-corrected chi connectivity index (χ4v) is 7.26. The summed E-state index contributed by atoms with van der Waals surface area (Å²) in [5.41, 5.74) is 2.91. The Kier molecular flexibility index (Phi) is 8.70. The SMILES string of the molecule is CC1(C)CC(=O)N(COC(=O)C2CCCN2)c2cc(OCCCCN3CCN(c4cccc5sccc45)CC3)ccc21. The third kappa shape index (κ3) is 6.28. The van der Waals surface area contributed by atoms with Crippen molar-refractivity contribution >= 4 is 44.7 Å². The van der Waals surface area contributed by atoms with Crippen LogP contribution in [0.3, 0.4) is 0 Å². The first-order valence-corrected chi connectivity index (χ1v) is 16.2. The summed E-state index contributed by atoms with van der Waals surface area (Å²) in [5, 5.41) is 6.71. The predicted molar refractivity (Wildman–Crippen MR) is 169 cm³/mol. The molecule has 2 fully saturated rings. The van der Waals surface area contributed by atoms with Crippen LogP contribution in [0.2, 0.25) is 0 Å². The van der Waals surface area contributed by atoms with Gasteiger partial charge < -0.3 is 19.7 Å². The maximum atomic E-state index is 13.1. The lowest BCUT2D eigenvalue weighted by Crippen LogP contribution is -2.46. The Morgan fingerprint density at radius 2 is 1.93 bits per heavy atom. The zero-order valence-corrected chi connectivity index (χ0v) is 25.6. The summed E-state index contributed by atoms with van der Waals surface area (Å²) in [4.78, 5) is 32.2. The van der Waals surface area contributed by atoms with Crippen molar-refractivity contribution in [2.45, 2.75) is 57.4 Å². The summed E-state index contributed by atoms with van der Waals surface area (Å²) >= 11 is 1.81. The minimum Gasteiger partial charge on any atom is -0.494 e. The summed E-state index contributed by atoms with van der Waals surface area (Å²) in [7, 11) is 0. The third-order valence-electron chi connectivity index (χ3n) is 8.89. The van der Waals surface area contributed by atoms with Crippen LogP contribution in [0.4, 0.5) is 11.4 Å². The number of nitrogens with zero attached hydrogens (tertiary/aromatic N) is 3. The normalized spacial score (nSPS) is 20.6. The zero-order chi connectivity index (χ0) is 29.1. The van der Waals surface area contributed by atoms with E-state index in [0.29, 0.717) is 13.0 Å². The van der Waals surface area contributed by atoms with E-state index in [0.717, 1.165) is 82.0 Å². The number of piperazine rings is 1. The average molecular weight is 591 g/mol. The molecule has 0 aliphatic carbocycles. The molecular weight excluding hydrogens is 548 g/mol. The molecule has 8 nitrogen and oxygen atoms in total. The molecule has 0 saturated carbocycles. The van der Waals surface area contributed by atoms with Crippen LogP contribution in [-0.2, 0) is 19.7 Å².